The van der Waals surface area contributed by atoms with Gasteiger partial charge in [-0.3, -0.25) is 9.59 Å². The molecule has 23 heavy (non-hydrogen) atoms. The van der Waals surface area contributed by atoms with E-state index in [9.17, 15) is 9.59 Å². The van der Waals surface area contributed by atoms with Crippen molar-refractivity contribution in [1.29, 1.82) is 0 Å². The first-order valence-electron chi connectivity index (χ1n) is 7.46. The van der Waals surface area contributed by atoms with Crippen LogP contribution < -0.4 is 5.32 Å². The first-order chi connectivity index (χ1) is 11.0. The molecule has 0 radical (unpaired) electrons. The number of amides is 2. The van der Waals surface area contributed by atoms with E-state index in [1.165, 1.54) is 6.08 Å². The Kier molecular flexibility index (Phi) is 4.26. The number of hydrogen-bond donors (Lipinski definition) is 1. The molecule has 0 aliphatic carbocycles. The predicted molar refractivity (Wildman–Crippen MR) is 92.9 cm³/mol. The van der Waals surface area contributed by atoms with E-state index in [0.29, 0.717) is 6.54 Å². The highest BCUT2D eigenvalue weighted by atomic mass is 79.9. The Labute approximate surface area is 143 Å². The summed E-state index contributed by atoms with van der Waals surface area (Å²) < 4.78 is 2.94. The summed E-state index contributed by atoms with van der Waals surface area (Å²) in [6.45, 7) is 6.22. The lowest BCUT2D eigenvalue weighted by molar-refractivity contribution is -0.137. The molecule has 3 rings (SSSR count). The molecule has 0 bridgehead atoms. The van der Waals surface area contributed by atoms with Crippen molar-refractivity contribution < 1.29 is 9.59 Å². The molecule has 1 saturated heterocycles. The maximum atomic E-state index is 12.3. The maximum absolute atomic E-state index is 12.3. The van der Waals surface area contributed by atoms with Crippen molar-refractivity contribution in [1.82, 2.24) is 14.8 Å². The van der Waals surface area contributed by atoms with Crippen molar-refractivity contribution in [2.45, 2.75) is 25.6 Å². The summed E-state index contributed by atoms with van der Waals surface area (Å²) >= 11 is 3.44. The molecular formula is C17H18BrN3O2. The molecule has 2 heterocycles. The Balaban J connectivity index is 1.62. The largest absolute Gasteiger partial charge is 0.348 e. The van der Waals surface area contributed by atoms with Gasteiger partial charge in [0.1, 0.15) is 6.54 Å². The molecule has 1 aliphatic rings. The summed E-state index contributed by atoms with van der Waals surface area (Å²) in [7, 11) is 0. The van der Waals surface area contributed by atoms with Crippen LogP contribution in [0.3, 0.4) is 0 Å². The number of nitrogens with one attached hydrogen (secondary N) is 1. The molecule has 1 aliphatic heterocycles. The van der Waals surface area contributed by atoms with Crippen LogP contribution in [-0.4, -0.2) is 39.9 Å². The third-order valence-electron chi connectivity index (χ3n) is 4.32. The molecule has 5 nitrogen and oxygen atoms in total. The van der Waals surface area contributed by atoms with E-state index >= 15 is 0 Å². The van der Waals surface area contributed by atoms with Crippen LogP contribution >= 0.6 is 15.9 Å². The molecule has 2 atom stereocenters. The lowest BCUT2D eigenvalue weighted by Crippen LogP contribution is -2.66. The molecule has 0 spiro atoms. The molecule has 0 unspecified atom stereocenters. The standard InChI is InChI=1S/C17H18BrN3O2/c1-3-17(23)21-9-14(11(21)2)19-16(22)10-20-7-6-12-8-13(18)4-5-15(12)20/h3-8,11,14H,1,9-10H2,2H3,(H,19,22)/t11-,14-/m1/s1. The quantitative estimate of drug-likeness (QED) is 0.833. The molecule has 1 fully saturated rings. The average molecular weight is 376 g/mol. The van der Waals surface area contributed by atoms with Gasteiger partial charge in [0.05, 0.1) is 12.1 Å². The van der Waals surface area contributed by atoms with E-state index in [1.807, 2.05) is 42.0 Å². The number of nitrogens with zero attached hydrogens (tertiary/aromatic N) is 2. The molecule has 2 aromatic rings. The maximum Gasteiger partial charge on any atom is 0.246 e. The Morgan fingerprint density at radius 3 is 2.91 bits per heavy atom. The SMILES string of the molecule is C=CC(=O)N1C[C@@H](NC(=O)Cn2ccc3cc(Br)ccc32)[C@H]1C. The van der Waals surface area contributed by atoms with E-state index in [1.54, 1.807) is 4.90 Å². The minimum atomic E-state index is -0.0926. The highest BCUT2D eigenvalue weighted by Gasteiger charge is 2.38. The van der Waals surface area contributed by atoms with Gasteiger partial charge in [-0.05, 0) is 37.3 Å². The van der Waals surface area contributed by atoms with Crippen LogP contribution in [-0.2, 0) is 16.1 Å². The molecule has 120 valence electrons. The van der Waals surface area contributed by atoms with Gasteiger partial charge in [0, 0.05) is 28.1 Å². The fourth-order valence-electron chi connectivity index (χ4n) is 2.90. The second-order valence-corrected chi connectivity index (χ2v) is 6.67. The Morgan fingerprint density at radius 1 is 1.43 bits per heavy atom. The normalized spacial score (nSPS) is 20.2. The molecule has 1 aromatic heterocycles. The fourth-order valence-corrected chi connectivity index (χ4v) is 3.28. The van der Waals surface area contributed by atoms with Crippen molar-refractivity contribution >= 4 is 38.6 Å². The summed E-state index contributed by atoms with van der Waals surface area (Å²) in [5, 5.41) is 4.08. The Bertz CT molecular complexity index is 783. The van der Waals surface area contributed by atoms with Crippen molar-refractivity contribution in [2.24, 2.45) is 0 Å². The number of fused-ring (bicyclic) bond motifs is 1. The number of benzene rings is 1. The summed E-state index contributed by atoms with van der Waals surface area (Å²) in [6.07, 6.45) is 3.22. The number of aromatic nitrogens is 1. The molecule has 2 amide bonds. The van der Waals surface area contributed by atoms with Crippen LogP contribution in [0.25, 0.3) is 10.9 Å². The van der Waals surface area contributed by atoms with Crippen molar-refractivity contribution in [3.63, 3.8) is 0 Å². The molecule has 6 heteroatoms. The number of rotatable bonds is 4. The third kappa shape index (κ3) is 3.03. The van der Waals surface area contributed by atoms with Gasteiger partial charge in [0.25, 0.3) is 0 Å². The molecule has 1 aromatic carbocycles. The highest BCUT2D eigenvalue weighted by molar-refractivity contribution is 9.10. The summed E-state index contributed by atoms with van der Waals surface area (Å²) in [5.41, 5.74) is 1.02. The topological polar surface area (TPSA) is 54.3 Å². The second-order valence-electron chi connectivity index (χ2n) is 5.76. The van der Waals surface area contributed by atoms with Gasteiger partial charge in [0.2, 0.25) is 11.8 Å². The number of halogens is 1. The summed E-state index contributed by atoms with van der Waals surface area (Å²) in [4.78, 5) is 25.5. The van der Waals surface area contributed by atoms with Crippen molar-refractivity contribution in [3.8, 4) is 0 Å². The molecule has 0 saturated carbocycles. The fraction of sp³-hybridized carbons (Fsp3) is 0.294. The van der Waals surface area contributed by atoms with Crippen LogP contribution in [0.15, 0.2) is 47.6 Å². The average Bonchev–Trinajstić information content (AvgIpc) is 2.91. The van der Waals surface area contributed by atoms with E-state index in [4.69, 9.17) is 0 Å². The van der Waals surface area contributed by atoms with E-state index < -0.39 is 0 Å². The van der Waals surface area contributed by atoms with E-state index in [0.717, 1.165) is 15.4 Å². The van der Waals surface area contributed by atoms with Crippen molar-refractivity contribution in [3.05, 3.63) is 47.6 Å². The number of hydrogen-bond acceptors (Lipinski definition) is 2. The summed E-state index contributed by atoms with van der Waals surface area (Å²) in [5.74, 6) is -0.141. The van der Waals surface area contributed by atoms with E-state index in [2.05, 4.69) is 27.8 Å². The van der Waals surface area contributed by atoms with Crippen molar-refractivity contribution in [2.75, 3.05) is 6.54 Å². The number of carbonyl (C=O) groups is 2. The molecule has 1 N–H and O–H groups in total. The van der Waals surface area contributed by atoms with Gasteiger partial charge in [-0.2, -0.15) is 0 Å². The lowest BCUT2D eigenvalue weighted by Gasteiger charge is -2.46. The minimum Gasteiger partial charge on any atom is -0.348 e. The first-order valence-corrected chi connectivity index (χ1v) is 8.25. The summed E-state index contributed by atoms with van der Waals surface area (Å²) in [6, 6.07) is 7.97. The van der Waals surface area contributed by atoms with Gasteiger partial charge >= 0.3 is 0 Å². The smallest absolute Gasteiger partial charge is 0.246 e. The number of carbonyl (C=O) groups excluding carboxylic acids is 2. The zero-order valence-electron chi connectivity index (χ0n) is 12.8. The lowest BCUT2D eigenvalue weighted by atomic mass is 9.98. The van der Waals surface area contributed by atoms with Gasteiger partial charge < -0.3 is 14.8 Å². The van der Waals surface area contributed by atoms with Gasteiger partial charge in [-0.25, -0.2) is 0 Å². The Morgan fingerprint density at radius 2 is 2.22 bits per heavy atom. The predicted octanol–water partition coefficient (Wildman–Crippen LogP) is 2.31. The Hall–Kier alpha value is -2.08. The van der Waals surface area contributed by atoms with E-state index in [-0.39, 0.29) is 30.4 Å². The van der Waals surface area contributed by atoms with Gasteiger partial charge in [0.15, 0.2) is 0 Å². The van der Waals surface area contributed by atoms with Crippen LogP contribution in [0.2, 0.25) is 0 Å². The number of likely N-dealkylation sites (tertiary alicyclic amines) is 1. The first kappa shape index (κ1) is 15.8. The van der Waals surface area contributed by atoms with Crippen LogP contribution in [0, 0.1) is 0 Å². The second kappa shape index (κ2) is 6.20. The van der Waals surface area contributed by atoms with Gasteiger partial charge in [-0.15, -0.1) is 0 Å². The third-order valence-corrected chi connectivity index (χ3v) is 4.81. The van der Waals surface area contributed by atoms with Crippen LogP contribution in [0.1, 0.15) is 6.92 Å². The van der Waals surface area contributed by atoms with Gasteiger partial charge in [-0.1, -0.05) is 22.5 Å². The minimum absolute atomic E-state index is 0.00168. The zero-order valence-corrected chi connectivity index (χ0v) is 14.4. The molecular weight excluding hydrogens is 358 g/mol. The van der Waals surface area contributed by atoms with Crippen LogP contribution in [0.5, 0.6) is 0 Å². The highest BCUT2D eigenvalue weighted by Crippen LogP contribution is 2.21. The zero-order chi connectivity index (χ0) is 16.6. The van der Waals surface area contributed by atoms with Crippen LogP contribution in [0.4, 0.5) is 0 Å². The monoisotopic (exact) mass is 375 g/mol.